The molecule has 0 spiro atoms. The molecule has 2 N–H and O–H groups in total. The van der Waals surface area contributed by atoms with Gasteiger partial charge in [-0.3, -0.25) is 0 Å². The smallest absolute Gasteiger partial charge is 0.120 e. The van der Waals surface area contributed by atoms with Gasteiger partial charge in [0.25, 0.3) is 0 Å². The summed E-state index contributed by atoms with van der Waals surface area (Å²) in [6.07, 6.45) is 0.917. The largest absolute Gasteiger partial charge is 0.492 e. The van der Waals surface area contributed by atoms with E-state index in [0.29, 0.717) is 11.6 Å². The molecule has 0 saturated heterocycles. The summed E-state index contributed by atoms with van der Waals surface area (Å²) in [6, 6.07) is 7.42. The van der Waals surface area contributed by atoms with E-state index in [1.807, 2.05) is 25.1 Å². The van der Waals surface area contributed by atoms with Gasteiger partial charge in [0.05, 0.1) is 0 Å². The molecule has 72 valence electrons. The Kier molecular flexibility index (Phi) is 4.06. The van der Waals surface area contributed by atoms with E-state index in [9.17, 15) is 0 Å². The summed E-state index contributed by atoms with van der Waals surface area (Å²) < 4.78 is 5.43. The highest BCUT2D eigenvalue weighted by Gasteiger charge is 2.00. The Morgan fingerprint density at radius 1 is 1.54 bits per heavy atom. The minimum Gasteiger partial charge on any atom is -0.492 e. The molecule has 0 aliphatic heterocycles. The molecule has 0 saturated carbocycles. The fraction of sp³-hybridized carbons (Fsp3) is 0.400. The maximum atomic E-state index is 5.78. The number of hydrogen-bond acceptors (Lipinski definition) is 2. The Labute approximate surface area is 83.6 Å². The standard InChI is InChI=1S/C10H14ClNO/c1-2-9(12)7-13-10-5-3-4-8(11)6-10/h3-6,9H,2,7,12H2,1H3/t9-/m0/s1. The van der Waals surface area contributed by atoms with Crippen LogP contribution in [-0.4, -0.2) is 12.6 Å². The van der Waals surface area contributed by atoms with Crippen LogP contribution in [-0.2, 0) is 0 Å². The maximum Gasteiger partial charge on any atom is 0.120 e. The highest BCUT2D eigenvalue weighted by molar-refractivity contribution is 6.30. The average molecular weight is 200 g/mol. The van der Waals surface area contributed by atoms with E-state index in [1.165, 1.54) is 0 Å². The van der Waals surface area contributed by atoms with Crippen molar-refractivity contribution in [3.8, 4) is 5.75 Å². The van der Waals surface area contributed by atoms with Crippen molar-refractivity contribution >= 4 is 11.6 Å². The van der Waals surface area contributed by atoms with Crippen LogP contribution in [0, 0.1) is 0 Å². The number of ether oxygens (including phenoxy) is 1. The number of benzene rings is 1. The molecule has 0 aliphatic carbocycles. The third-order valence-corrected chi connectivity index (χ3v) is 2.02. The average Bonchev–Trinajstić information content (AvgIpc) is 2.14. The van der Waals surface area contributed by atoms with E-state index in [1.54, 1.807) is 6.07 Å². The lowest BCUT2D eigenvalue weighted by molar-refractivity contribution is 0.285. The molecule has 3 heteroatoms. The Hall–Kier alpha value is -0.730. The van der Waals surface area contributed by atoms with Crippen molar-refractivity contribution in [3.05, 3.63) is 29.3 Å². The Bertz CT molecular complexity index is 265. The van der Waals surface area contributed by atoms with Gasteiger partial charge >= 0.3 is 0 Å². The Morgan fingerprint density at radius 2 is 2.31 bits per heavy atom. The second kappa shape index (κ2) is 5.10. The maximum absolute atomic E-state index is 5.78. The fourth-order valence-electron chi connectivity index (χ4n) is 0.878. The van der Waals surface area contributed by atoms with Crippen LogP contribution >= 0.6 is 11.6 Å². The molecule has 0 aliphatic rings. The normalized spacial score (nSPS) is 12.5. The molecule has 0 heterocycles. The third-order valence-electron chi connectivity index (χ3n) is 1.78. The number of nitrogens with two attached hydrogens (primary N) is 1. The zero-order chi connectivity index (χ0) is 9.68. The molecule has 1 aromatic carbocycles. The van der Waals surface area contributed by atoms with Gasteiger partial charge in [-0.1, -0.05) is 24.6 Å². The summed E-state index contributed by atoms with van der Waals surface area (Å²) in [6.45, 7) is 2.57. The molecular formula is C10H14ClNO. The third kappa shape index (κ3) is 3.66. The van der Waals surface area contributed by atoms with E-state index < -0.39 is 0 Å². The Morgan fingerprint density at radius 3 is 2.92 bits per heavy atom. The van der Waals surface area contributed by atoms with Crippen LogP contribution in [0.3, 0.4) is 0 Å². The van der Waals surface area contributed by atoms with Crippen molar-refractivity contribution in [3.63, 3.8) is 0 Å². The SMILES string of the molecule is CC[C@H](N)COc1cccc(Cl)c1. The lowest BCUT2D eigenvalue weighted by atomic mass is 10.2. The molecule has 13 heavy (non-hydrogen) atoms. The van der Waals surface area contributed by atoms with Crippen molar-refractivity contribution in [1.29, 1.82) is 0 Å². The minimum atomic E-state index is 0.0963. The molecular weight excluding hydrogens is 186 g/mol. The van der Waals surface area contributed by atoms with Gasteiger partial charge in [0, 0.05) is 11.1 Å². The summed E-state index contributed by atoms with van der Waals surface area (Å²) in [4.78, 5) is 0. The molecule has 0 radical (unpaired) electrons. The fourth-order valence-corrected chi connectivity index (χ4v) is 1.06. The molecule has 0 amide bonds. The minimum absolute atomic E-state index is 0.0963. The highest BCUT2D eigenvalue weighted by atomic mass is 35.5. The van der Waals surface area contributed by atoms with Crippen molar-refractivity contribution < 1.29 is 4.74 Å². The number of rotatable bonds is 4. The first kappa shape index (κ1) is 10.4. The molecule has 0 fully saturated rings. The molecule has 0 bridgehead atoms. The molecule has 0 aromatic heterocycles. The van der Waals surface area contributed by atoms with Crippen molar-refractivity contribution in [2.24, 2.45) is 5.73 Å². The van der Waals surface area contributed by atoms with Crippen molar-refractivity contribution in [2.45, 2.75) is 19.4 Å². The van der Waals surface area contributed by atoms with Gasteiger partial charge in [0.15, 0.2) is 0 Å². The first-order chi connectivity index (χ1) is 6.22. The Balaban J connectivity index is 2.45. The van der Waals surface area contributed by atoms with Crippen LogP contribution in [0.4, 0.5) is 0 Å². The van der Waals surface area contributed by atoms with Gasteiger partial charge < -0.3 is 10.5 Å². The monoisotopic (exact) mass is 199 g/mol. The van der Waals surface area contributed by atoms with E-state index in [4.69, 9.17) is 22.1 Å². The van der Waals surface area contributed by atoms with Gasteiger partial charge in [-0.15, -0.1) is 0 Å². The highest BCUT2D eigenvalue weighted by Crippen LogP contribution is 2.17. The summed E-state index contributed by atoms with van der Waals surface area (Å²) in [5.41, 5.74) is 5.70. The lowest BCUT2D eigenvalue weighted by Gasteiger charge is -2.10. The zero-order valence-electron chi connectivity index (χ0n) is 7.66. The number of halogens is 1. The van der Waals surface area contributed by atoms with E-state index in [2.05, 4.69) is 0 Å². The number of hydrogen-bond donors (Lipinski definition) is 1. The van der Waals surface area contributed by atoms with Crippen molar-refractivity contribution in [1.82, 2.24) is 0 Å². The van der Waals surface area contributed by atoms with Crippen LogP contribution in [0.15, 0.2) is 24.3 Å². The summed E-state index contributed by atoms with van der Waals surface area (Å²) >= 11 is 5.78. The second-order valence-electron chi connectivity index (χ2n) is 2.94. The first-order valence-corrected chi connectivity index (χ1v) is 4.74. The van der Waals surface area contributed by atoms with Crippen molar-refractivity contribution in [2.75, 3.05) is 6.61 Å². The summed E-state index contributed by atoms with van der Waals surface area (Å²) in [5.74, 6) is 0.774. The summed E-state index contributed by atoms with van der Waals surface area (Å²) in [7, 11) is 0. The van der Waals surface area contributed by atoms with Gasteiger partial charge in [-0.25, -0.2) is 0 Å². The second-order valence-corrected chi connectivity index (χ2v) is 3.37. The lowest BCUT2D eigenvalue weighted by Crippen LogP contribution is -2.26. The molecule has 0 unspecified atom stereocenters. The van der Waals surface area contributed by atoms with Crippen LogP contribution in [0.1, 0.15) is 13.3 Å². The van der Waals surface area contributed by atoms with Crippen LogP contribution in [0.2, 0.25) is 5.02 Å². The molecule has 1 aromatic rings. The quantitative estimate of drug-likeness (QED) is 0.809. The van der Waals surface area contributed by atoms with E-state index in [0.717, 1.165) is 12.2 Å². The van der Waals surface area contributed by atoms with Gasteiger partial charge in [0.1, 0.15) is 12.4 Å². The zero-order valence-corrected chi connectivity index (χ0v) is 8.42. The van der Waals surface area contributed by atoms with Crippen LogP contribution in [0.25, 0.3) is 0 Å². The van der Waals surface area contributed by atoms with Crippen LogP contribution in [0.5, 0.6) is 5.75 Å². The molecule has 2 nitrogen and oxygen atoms in total. The predicted molar refractivity (Wildman–Crippen MR) is 55.2 cm³/mol. The van der Waals surface area contributed by atoms with Crippen LogP contribution < -0.4 is 10.5 Å². The van der Waals surface area contributed by atoms with Gasteiger partial charge in [-0.05, 0) is 24.6 Å². The van der Waals surface area contributed by atoms with E-state index >= 15 is 0 Å². The van der Waals surface area contributed by atoms with Gasteiger partial charge in [-0.2, -0.15) is 0 Å². The van der Waals surface area contributed by atoms with Gasteiger partial charge in [0.2, 0.25) is 0 Å². The topological polar surface area (TPSA) is 35.2 Å². The predicted octanol–water partition coefficient (Wildman–Crippen LogP) is 2.46. The van der Waals surface area contributed by atoms with E-state index in [-0.39, 0.29) is 6.04 Å². The molecule has 1 rings (SSSR count). The summed E-state index contributed by atoms with van der Waals surface area (Å²) in [5, 5.41) is 0.683. The molecule has 1 atom stereocenters. The first-order valence-electron chi connectivity index (χ1n) is 4.36.